The number of rotatable bonds is 9. The molecule has 2 aromatic rings. The highest BCUT2D eigenvalue weighted by Crippen LogP contribution is 2.20. The Morgan fingerprint density at radius 2 is 1.62 bits per heavy atom. The van der Waals surface area contributed by atoms with Gasteiger partial charge in [-0.1, -0.05) is 56.3 Å². The lowest BCUT2D eigenvalue weighted by molar-refractivity contribution is -0.148. The molecular weight excluding hydrogens is 368 g/mol. The van der Waals surface area contributed by atoms with Crippen LogP contribution in [0.1, 0.15) is 56.7 Å². The summed E-state index contributed by atoms with van der Waals surface area (Å²) in [5.74, 6) is -0.757. The van der Waals surface area contributed by atoms with Gasteiger partial charge >= 0.3 is 5.97 Å². The first-order chi connectivity index (χ1) is 13.9. The third-order valence-electron chi connectivity index (χ3n) is 4.69. The van der Waals surface area contributed by atoms with E-state index in [2.05, 4.69) is 24.5 Å². The van der Waals surface area contributed by atoms with E-state index in [9.17, 15) is 14.4 Å². The number of hydrogen-bond acceptors (Lipinski definition) is 4. The predicted octanol–water partition coefficient (Wildman–Crippen LogP) is 3.95. The lowest BCUT2D eigenvalue weighted by atomic mass is 9.99. The van der Waals surface area contributed by atoms with Crippen LogP contribution in [0.3, 0.4) is 0 Å². The van der Waals surface area contributed by atoms with E-state index in [-0.39, 0.29) is 18.9 Å². The van der Waals surface area contributed by atoms with Crippen molar-refractivity contribution in [2.24, 2.45) is 0 Å². The Bertz CT molecular complexity index is 819. The molecule has 0 aliphatic heterocycles. The maximum absolute atomic E-state index is 12.2. The number of carbonyl (C=O) groups is 3. The Labute approximate surface area is 171 Å². The number of anilines is 1. The fourth-order valence-electron chi connectivity index (χ4n) is 2.88. The minimum absolute atomic E-state index is 0.0551. The number of esters is 1. The monoisotopic (exact) mass is 396 g/mol. The molecule has 0 radical (unpaired) electrons. The fourth-order valence-corrected chi connectivity index (χ4v) is 2.88. The number of amides is 2. The third-order valence-corrected chi connectivity index (χ3v) is 4.69. The molecule has 29 heavy (non-hydrogen) atoms. The molecule has 2 aromatic carbocycles. The predicted molar refractivity (Wildman–Crippen MR) is 112 cm³/mol. The number of carbonyl (C=O) groups excluding carboxylic acids is 3. The zero-order chi connectivity index (χ0) is 21.2. The first-order valence-electron chi connectivity index (χ1n) is 9.76. The minimum Gasteiger partial charge on any atom is -0.455 e. The van der Waals surface area contributed by atoms with E-state index in [0.29, 0.717) is 11.6 Å². The van der Waals surface area contributed by atoms with Crippen LogP contribution in [0.5, 0.6) is 0 Å². The van der Waals surface area contributed by atoms with Gasteiger partial charge in [0.25, 0.3) is 5.91 Å². The molecule has 2 N–H and O–H groups in total. The van der Waals surface area contributed by atoms with Crippen LogP contribution in [0.15, 0.2) is 54.6 Å². The SMILES string of the molecule is CC[C@@H](C)c1ccc(NC(=O)COC(=O)C[C@@H](NC(C)=O)c2ccccc2)cc1. The topological polar surface area (TPSA) is 84.5 Å². The van der Waals surface area contributed by atoms with E-state index in [1.165, 1.54) is 12.5 Å². The van der Waals surface area contributed by atoms with E-state index in [1.807, 2.05) is 54.6 Å². The van der Waals surface area contributed by atoms with E-state index in [4.69, 9.17) is 4.74 Å². The zero-order valence-electron chi connectivity index (χ0n) is 17.1. The molecule has 0 aliphatic carbocycles. The van der Waals surface area contributed by atoms with Crippen molar-refractivity contribution in [2.45, 2.75) is 45.6 Å². The average Bonchev–Trinajstić information content (AvgIpc) is 2.72. The second-order valence-corrected chi connectivity index (χ2v) is 7.01. The summed E-state index contributed by atoms with van der Waals surface area (Å²) in [6, 6.07) is 16.3. The number of hydrogen-bond donors (Lipinski definition) is 2. The quantitative estimate of drug-likeness (QED) is 0.629. The zero-order valence-corrected chi connectivity index (χ0v) is 17.1. The van der Waals surface area contributed by atoms with Crippen molar-refractivity contribution >= 4 is 23.5 Å². The Morgan fingerprint density at radius 1 is 0.966 bits per heavy atom. The van der Waals surface area contributed by atoms with Crippen molar-refractivity contribution in [1.82, 2.24) is 5.32 Å². The van der Waals surface area contributed by atoms with Crippen LogP contribution in [-0.4, -0.2) is 24.4 Å². The molecule has 0 aromatic heterocycles. The highest BCUT2D eigenvalue weighted by Gasteiger charge is 2.18. The van der Waals surface area contributed by atoms with Gasteiger partial charge in [0.15, 0.2) is 6.61 Å². The summed E-state index contributed by atoms with van der Waals surface area (Å²) in [4.78, 5) is 35.7. The summed E-state index contributed by atoms with van der Waals surface area (Å²) in [5, 5.41) is 5.45. The fraction of sp³-hybridized carbons (Fsp3) is 0.348. The molecule has 6 heteroatoms. The van der Waals surface area contributed by atoms with Crippen molar-refractivity contribution in [3.8, 4) is 0 Å². The summed E-state index contributed by atoms with van der Waals surface area (Å²) >= 11 is 0. The van der Waals surface area contributed by atoms with E-state index < -0.39 is 17.9 Å². The van der Waals surface area contributed by atoms with Crippen molar-refractivity contribution in [2.75, 3.05) is 11.9 Å². The van der Waals surface area contributed by atoms with Crippen LogP contribution in [0.2, 0.25) is 0 Å². The van der Waals surface area contributed by atoms with E-state index in [1.54, 1.807) is 0 Å². The smallest absolute Gasteiger partial charge is 0.308 e. The lowest BCUT2D eigenvalue weighted by Gasteiger charge is -2.17. The lowest BCUT2D eigenvalue weighted by Crippen LogP contribution is -2.29. The summed E-state index contributed by atoms with van der Waals surface area (Å²) in [7, 11) is 0. The van der Waals surface area contributed by atoms with Crippen LogP contribution in [-0.2, 0) is 19.1 Å². The molecule has 2 amide bonds. The molecule has 6 nitrogen and oxygen atoms in total. The molecule has 0 aliphatic rings. The van der Waals surface area contributed by atoms with Crippen molar-refractivity contribution in [3.63, 3.8) is 0 Å². The van der Waals surface area contributed by atoms with E-state index in [0.717, 1.165) is 12.0 Å². The Kier molecular flexibility index (Phi) is 8.40. The highest BCUT2D eigenvalue weighted by molar-refractivity contribution is 5.92. The molecule has 2 rings (SSSR count). The normalized spacial score (nSPS) is 12.5. The van der Waals surface area contributed by atoms with Crippen molar-refractivity contribution < 1.29 is 19.1 Å². The molecular formula is C23H28N2O4. The van der Waals surface area contributed by atoms with Crippen LogP contribution >= 0.6 is 0 Å². The summed E-state index contributed by atoms with van der Waals surface area (Å²) in [5.41, 5.74) is 2.66. The van der Waals surface area contributed by atoms with Crippen LogP contribution in [0, 0.1) is 0 Å². The number of nitrogens with one attached hydrogen (secondary N) is 2. The molecule has 0 unspecified atom stereocenters. The van der Waals surface area contributed by atoms with Gasteiger partial charge in [-0.2, -0.15) is 0 Å². The molecule has 0 saturated heterocycles. The summed E-state index contributed by atoms with van der Waals surface area (Å²) in [6.07, 6.45) is 0.991. The number of ether oxygens (including phenoxy) is 1. The van der Waals surface area contributed by atoms with Gasteiger partial charge < -0.3 is 15.4 Å². The second kappa shape index (κ2) is 11.0. The second-order valence-electron chi connectivity index (χ2n) is 7.01. The number of benzene rings is 2. The van der Waals surface area contributed by atoms with Crippen molar-refractivity contribution in [3.05, 3.63) is 65.7 Å². The van der Waals surface area contributed by atoms with Crippen LogP contribution < -0.4 is 10.6 Å². The summed E-state index contributed by atoms with van der Waals surface area (Å²) in [6.45, 7) is 5.29. The van der Waals surface area contributed by atoms with Gasteiger partial charge in [0.2, 0.25) is 5.91 Å². The van der Waals surface area contributed by atoms with Gasteiger partial charge in [-0.3, -0.25) is 14.4 Å². The molecule has 0 fully saturated rings. The molecule has 0 heterocycles. The molecule has 0 saturated carbocycles. The molecule has 0 spiro atoms. The molecule has 0 bridgehead atoms. The largest absolute Gasteiger partial charge is 0.455 e. The Hall–Kier alpha value is -3.15. The van der Waals surface area contributed by atoms with Gasteiger partial charge in [0, 0.05) is 12.6 Å². The Morgan fingerprint density at radius 3 is 2.21 bits per heavy atom. The van der Waals surface area contributed by atoms with E-state index >= 15 is 0 Å². The van der Waals surface area contributed by atoms with Gasteiger partial charge in [0.1, 0.15) is 0 Å². The average molecular weight is 396 g/mol. The molecule has 154 valence electrons. The van der Waals surface area contributed by atoms with Crippen LogP contribution in [0.25, 0.3) is 0 Å². The van der Waals surface area contributed by atoms with Gasteiger partial charge in [-0.25, -0.2) is 0 Å². The van der Waals surface area contributed by atoms with Gasteiger partial charge in [0.05, 0.1) is 12.5 Å². The van der Waals surface area contributed by atoms with Crippen LogP contribution in [0.4, 0.5) is 5.69 Å². The van der Waals surface area contributed by atoms with Gasteiger partial charge in [-0.05, 0) is 35.6 Å². The molecule has 2 atom stereocenters. The first-order valence-corrected chi connectivity index (χ1v) is 9.76. The summed E-state index contributed by atoms with van der Waals surface area (Å²) < 4.78 is 5.09. The maximum Gasteiger partial charge on any atom is 0.308 e. The first kappa shape index (κ1) is 22.1. The Balaban J connectivity index is 1.85. The third kappa shape index (κ3) is 7.41. The van der Waals surface area contributed by atoms with Crippen molar-refractivity contribution in [1.29, 1.82) is 0 Å². The standard InChI is InChI=1S/C23H28N2O4/c1-4-16(2)18-10-12-20(13-11-18)25-22(27)15-29-23(28)14-21(24-17(3)26)19-8-6-5-7-9-19/h5-13,16,21H,4,14-15H2,1-3H3,(H,24,26)(H,25,27)/t16-,21-/m1/s1. The van der Waals surface area contributed by atoms with Gasteiger partial charge in [-0.15, -0.1) is 0 Å². The highest BCUT2D eigenvalue weighted by atomic mass is 16.5. The maximum atomic E-state index is 12.2. The minimum atomic E-state index is -0.560.